The number of hydrogen-bond acceptors (Lipinski definition) is 2. The van der Waals surface area contributed by atoms with Crippen molar-refractivity contribution in [3.8, 4) is 5.69 Å². The fraction of sp³-hybridized carbons (Fsp3) is 0.111. The van der Waals surface area contributed by atoms with Crippen LogP contribution in [0.5, 0.6) is 0 Å². The van der Waals surface area contributed by atoms with Crippen LogP contribution in [0.15, 0.2) is 52.1 Å². The molecule has 2 aromatic carbocycles. The fourth-order valence-electron chi connectivity index (χ4n) is 3.02. The Morgan fingerprint density at radius 1 is 1.17 bits per heavy atom. The van der Waals surface area contributed by atoms with Crippen LogP contribution in [-0.2, 0) is 6.54 Å². The molecule has 2 heterocycles. The van der Waals surface area contributed by atoms with Gasteiger partial charge in [0.1, 0.15) is 16.2 Å². The Hall–Kier alpha value is -1.98. The molecule has 0 spiro atoms. The number of aryl methyl sites for hydroxylation is 1. The second-order valence-electron chi connectivity index (χ2n) is 5.54. The molecular formula is C18H12BrClFN3. The number of hydrogen-bond donors (Lipinski definition) is 0. The lowest BCUT2D eigenvalue weighted by Crippen LogP contribution is -2.09. The summed E-state index contributed by atoms with van der Waals surface area (Å²) in [6.45, 7) is 2.33. The Bertz CT molecular complexity index is 994. The van der Waals surface area contributed by atoms with Crippen molar-refractivity contribution in [2.24, 2.45) is 4.99 Å². The number of halogens is 3. The zero-order chi connectivity index (χ0) is 16.8. The molecule has 0 unspecified atom stereocenters. The molecule has 0 N–H and O–H groups in total. The normalized spacial score (nSPS) is 13.1. The van der Waals surface area contributed by atoms with Gasteiger partial charge >= 0.3 is 0 Å². The molecule has 1 aromatic heterocycles. The molecule has 0 radical (unpaired) electrons. The lowest BCUT2D eigenvalue weighted by atomic mass is 10.00. The molecule has 3 nitrogen and oxygen atoms in total. The van der Waals surface area contributed by atoms with Crippen molar-refractivity contribution in [1.29, 1.82) is 0 Å². The minimum Gasteiger partial charge on any atom is -0.297 e. The van der Waals surface area contributed by atoms with E-state index in [-0.39, 0.29) is 5.82 Å². The maximum atomic E-state index is 14.4. The number of imidazole rings is 1. The van der Waals surface area contributed by atoms with Crippen LogP contribution in [0.2, 0.25) is 5.02 Å². The SMILES string of the molecule is Cc1nc(Br)c2n1-c1ccc(Cl)cc1C(c1ccccc1F)=NC2. The van der Waals surface area contributed by atoms with Gasteiger partial charge in [-0.15, -0.1) is 0 Å². The van der Waals surface area contributed by atoms with E-state index in [0.29, 0.717) is 22.8 Å². The van der Waals surface area contributed by atoms with Gasteiger partial charge in [-0.25, -0.2) is 9.37 Å². The summed E-state index contributed by atoms with van der Waals surface area (Å²) in [7, 11) is 0. The first kappa shape index (κ1) is 15.5. The lowest BCUT2D eigenvalue weighted by Gasteiger charge is -2.14. The predicted molar refractivity (Wildman–Crippen MR) is 96.8 cm³/mol. The molecule has 0 saturated carbocycles. The number of aliphatic imine (C=N–C) groups is 1. The number of aromatic nitrogens is 2. The maximum absolute atomic E-state index is 14.4. The van der Waals surface area contributed by atoms with E-state index in [1.54, 1.807) is 18.2 Å². The van der Waals surface area contributed by atoms with Crippen LogP contribution in [0.3, 0.4) is 0 Å². The zero-order valence-corrected chi connectivity index (χ0v) is 15.1. The van der Waals surface area contributed by atoms with Crippen molar-refractivity contribution in [1.82, 2.24) is 9.55 Å². The molecule has 4 rings (SSSR count). The highest BCUT2D eigenvalue weighted by Crippen LogP contribution is 2.32. The van der Waals surface area contributed by atoms with Gasteiger partial charge in [0.05, 0.1) is 23.6 Å². The second kappa shape index (κ2) is 5.83. The van der Waals surface area contributed by atoms with E-state index < -0.39 is 0 Å². The maximum Gasteiger partial charge on any atom is 0.132 e. The smallest absolute Gasteiger partial charge is 0.132 e. The van der Waals surface area contributed by atoms with Gasteiger partial charge in [0.25, 0.3) is 0 Å². The molecule has 0 saturated heterocycles. The average Bonchev–Trinajstić information content (AvgIpc) is 2.74. The van der Waals surface area contributed by atoms with Crippen molar-refractivity contribution >= 4 is 33.2 Å². The topological polar surface area (TPSA) is 30.2 Å². The molecule has 0 atom stereocenters. The minimum absolute atomic E-state index is 0.303. The van der Waals surface area contributed by atoms with E-state index >= 15 is 0 Å². The molecule has 120 valence electrons. The minimum atomic E-state index is -0.303. The monoisotopic (exact) mass is 403 g/mol. The van der Waals surface area contributed by atoms with Crippen molar-refractivity contribution in [3.05, 3.63) is 80.6 Å². The van der Waals surface area contributed by atoms with E-state index in [9.17, 15) is 4.39 Å². The van der Waals surface area contributed by atoms with E-state index in [1.807, 2.05) is 29.7 Å². The molecule has 1 aliphatic heterocycles. The van der Waals surface area contributed by atoms with Crippen molar-refractivity contribution in [3.63, 3.8) is 0 Å². The van der Waals surface area contributed by atoms with Gasteiger partial charge < -0.3 is 0 Å². The van der Waals surface area contributed by atoms with Gasteiger partial charge in [-0.2, -0.15) is 0 Å². The molecule has 3 aromatic rings. The summed E-state index contributed by atoms with van der Waals surface area (Å²) >= 11 is 9.70. The number of rotatable bonds is 1. The fourth-order valence-corrected chi connectivity index (χ4v) is 3.75. The van der Waals surface area contributed by atoms with Gasteiger partial charge in [0.2, 0.25) is 0 Å². The Kier molecular flexibility index (Phi) is 3.77. The summed E-state index contributed by atoms with van der Waals surface area (Å²) in [6, 6.07) is 12.2. The van der Waals surface area contributed by atoms with Crippen LogP contribution in [-0.4, -0.2) is 15.3 Å². The first-order chi connectivity index (χ1) is 11.6. The van der Waals surface area contributed by atoms with E-state index in [0.717, 1.165) is 27.4 Å². The number of fused-ring (bicyclic) bond motifs is 3. The third-order valence-electron chi connectivity index (χ3n) is 4.06. The van der Waals surface area contributed by atoms with Crippen LogP contribution in [0.4, 0.5) is 4.39 Å². The van der Waals surface area contributed by atoms with Crippen LogP contribution in [0.1, 0.15) is 22.6 Å². The van der Waals surface area contributed by atoms with Gasteiger partial charge in [0, 0.05) is 16.1 Å². The van der Waals surface area contributed by atoms with Gasteiger partial charge in [-0.1, -0.05) is 23.7 Å². The summed E-state index contributed by atoms with van der Waals surface area (Å²) in [6.07, 6.45) is 0. The van der Waals surface area contributed by atoms with Crippen molar-refractivity contribution in [2.45, 2.75) is 13.5 Å². The summed E-state index contributed by atoms with van der Waals surface area (Å²) in [5.41, 5.74) is 3.68. The first-order valence-electron chi connectivity index (χ1n) is 7.39. The van der Waals surface area contributed by atoms with Crippen LogP contribution < -0.4 is 0 Å². The van der Waals surface area contributed by atoms with Gasteiger partial charge in [-0.3, -0.25) is 9.56 Å². The van der Waals surface area contributed by atoms with E-state index in [1.165, 1.54) is 6.07 Å². The van der Waals surface area contributed by atoms with Gasteiger partial charge in [-0.05, 0) is 53.2 Å². The molecule has 1 aliphatic rings. The summed E-state index contributed by atoms with van der Waals surface area (Å²) in [5, 5.41) is 0.582. The van der Waals surface area contributed by atoms with Crippen LogP contribution in [0, 0.1) is 12.7 Å². The highest BCUT2D eigenvalue weighted by atomic mass is 79.9. The average molecular weight is 405 g/mol. The Morgan fingerprint density at radius 3 is 2.75 bits per heavy atom. The summed E-state index contributed by atoms with van der Waals surface area (Å²) in [4.78, 5) is 9.15. The third kappa shape index (κ3) is 2.39. The lowest BCUT2D eigenvalue weighted by molar-refractivity contribution is 0.625. The van der Waals surface area contributed by atoms with Crippen molar-refractivity contribution < 1.29 is 4.39 Å². The molecule has 24 heavy (non-hydrogen) atoms. The second-order valence-corrected chi connectivity index (χ2v) is 6.73. The van der Waals surface area contributed by atoms with Crippen LogP contribution >= 0.6 is 27.5 Å². The van der Waals surface area contributed by atoms with E-state index in [2.05, 4.69) is 25.9 Å². The first-order valence-corrected chi connectivity index (χ1v) is 8.56. The third-order valence-corrected chi connectivity index (χ3v) is 4.93. The Morgan fingerprint density at radius 2 is 1.96 bits per heavy atom. The Balaban J connectivity index is 2.05. The molecule has 0 amide bonds. The largest absolute Gasteiger partial charge is 0.297 e. The van der Waals surface area contributed by atoms with Crippen molar-refractivity contribution in [2.75, 3.05) is 0 Å². The molecule has 0 fully saturated rings. The molecule has 0 bridgehead atoms. The highest BCUT2D eigenvalue weighted by molar-refractivity contribution is 9.10. The quantitative estimate of drug-likeness (QED) is 0.556. The summed E-state index contributed by atoms with van der Waals surface area (Å²) in [5.74, 6) is 0.535. The molecular weight excluding hydrogens is 393 g/mol. The van der Waals surface area contributed by atoms with E-state index in [4.69, 9.17) is 11.6 Å². The van der Waals surface area contributed by atoms with Crippen LogP contribution in [0.25, 0.3) is 5.69 Å². The van der Waals surface area contributed by atoms with Gasteiger partial charge in [0.15, 0.2) is 0 Å². The highest BCUT2D eigenvalue weighted by Gasteiger charge is 2.24. The Labute approximate surface area is 152 Å². The molecule has 0 aliphatic carbocycles. The zero-order valence-electron chi connectivity index (χ0n) is 12.7. The standard InChI is InChI=1S/C18H12BrClFN3/c1-10-23-18(19)16-9-22-17(12-4-2-3-5-14(12)21)13-8-11(20)6-7-15(13)24(10)16/h2-8H,9H2,1H3. The molecule has 6 heteroatoms. The number of nitrogens with zero attached hydrogens (tertiary/aromatic N) is 3. The number of benzene rings is 2. The predicted octanol–water partition coefficient (Wildman–Crippen LogP) is 5.09. The summed E-state index contributed by atoms with van der Waals surface area (Å²) < 4.78 is 17.2.